The zero-order valence-electron chi connectivity index (χ0n) is 11.6. The van der Waals surface area contributed by atoms with Crippen LogP contribution < -0.4 is 10.6 Å². The zero-order valence-corrected chi connectivity index (χ0v) is 12.5. The number of nitrogens with zero attached hydrogens (tertiary/aromatic N) is 1. The Morgan fingerprint density at radius 3 is 2.89 bits per heavy atom. The first-order chi connectivity index (χ1) is 9.12. The minimum Gasteiger partial charge on any atom is -0.383 e. The van der Waals surface area contributed by atoms with E-state index >= 15 is 0 Å². The van der Waals surface area contributed by atoms with Crippen molar-refractivity contribution in [1.82, 2.24) is 10.6 Å². The van der Waals surface area contributed by atoms with Crippen molar-refractivity contribution in [2.45, 2.75) is 32.3 Å². The Hall–Kier alpha value is -1.07. The maximum atomic E-state index is 10.4. The quantitative estimate of drug-likeness (QED) is 0.551. The molecule has 4 nitrogen and oxygen atoms in total. The van der Waals surface area contributed by atoms with Crippen LogP contribution in [0.15, 0.2) is 21.8 Å². The molecule has 1 atom stereocenters. The molecule has 1 aromatic heterocycles. The van der Waals surface area contributed by atoms with E-state index in [1.807, 2.05) is 30.7 Å². The number of hydrogen-bond acceptors (Lipinski definition) is 3. The predicted molar refractivity (Wildman–Crippen MR) is 80.6 cm³/mol. The van der Waals surface area contributed by atoms with E-state index in [1.54, 1.807) is 11.3 Å². The van der Waals surface area contributed by atoms with Crippen LogP contribution in [0.1, 0.15) is 32.3 Å². The molecule has 0 aliphatic heterocycles. The van der Waals surface area contributed by atoms with E-state index in [0.717, 1.165) is 30.5 Å². The largest absolute Gasteiger partial charge is 0.383 e. The van der Waals surface area contributed by atoms with E-state index in [-0.39, 0.29) is 0 Å². The molecule has 19 heavy (non-hydrogen) atoms. The molecule has 0 bridgehead atoms. The maximum Gasteiger partial charge on any atom is 0.191 e. The molecule has 1 aromatic rings. The Morgan fingerprint density at radius 1 is 1.53 bits per heavy atom. The monoisotopic (exact) mass is 281 g/mol. The maximum absolute atomic E-state index is 10.4. The van der Waals surface area contributed by atoms with Crippen LogP contribution >= 0.6 is 11.3 Å². The number of hydrogen-bond donors (Lipinski definition) is 3. The fourth-order valence-electron chi connectivity index (χ4n) is 1.80. The lowest BCUT2D eigenvalue weighted by Crippen LogP contribution is -2.39. The number of aliphatic hydroxyl groups is 1. The molecule has 1 aliphatic rings. The molecule has 1 heterocycles. The third-order valence-corrected chi connectivity index (χ3v) is 3.97. The molecule has 5 heteroatoms. The first-order valence-corrected chi connectivity index (χ1v) is 7.83. The van der Waals surface area contributed by atoms with Gasteiger partial charge in [-0.2, -0.15) is 11.3 Å². The molecule has 0 amide bonds. The van der Waals surface area contributed by atoms with Crippen LogP contribution in [0.5, 0.6) is 0 Å². The van der Waals surface area contributed by atoms with Crippen molar-refractivity contribution >= 4 is 17.3 Å². The highest BCUT2D eigenvalue weighted by atomic mass is 32.1. The molecule has 2 rings (SSSR count). The van der Waals surface area contributed by atoms with E-state index in [0.29, 0.717) is 6.54 Å². The van der Waals surface area contributed by atoms with Crippen LogP contribution in [0.3, 0.4) is 0 Å². The van der Waals surface area contributed by atoms with Crippen LogP contribution in [0.25, 0.3) is 0 Å². The van der Waals surface area contributed by atoms with Crippen molar-refractivity contribution in [2.75, 3.05) is 19.6 Å². The van der Waals surface area contributed by atoms with Gasteiger partial charge in [0, 0.05) is 13.1 Å². The second-order valence-electron chi connectivity index (χ2n) is 5.31. The number of thiophene rings is 1. The van der Waals surface area contributed by atoms with Gasteiger partial charge in [-0.05, 0) is 55.0 Å². The summed E-state index contributed by atoms with van der Waals surface area (Å²) in [5.41, 5.74) is 0.0290. The van der Waals surface area contributed by atoms with Gasteiger partial charge in [-0.15, -0.1) is 0 Å². The minimum atomic E-state index is -0.901. The molecule has 0 saturated heterocycles. The van der Waals surface area contributed by atoms with Gasteiger partial charge in [-0.3, -0.25) is 0 Å². The molecule has 1 aliphatic carbocycles. The normalized spacial score (nSPS) is 19.0. The molecular formula is C14H23N3OS. The zero-order chi connectivity index (χ0) is 13.7. The summed E-state index contributed by atoms with van der Waals surface area (Å²) in [6.07, 6.45) is 2.64. The van der Waals surface area contributed by atoms with Crippen LogP contribution in [0.2, 0.25) is 0 Å². The summed E-state index contributed by atoms with van der Waals surface area (Å²) in [6, 6.07) is 1.95. The molecular weight excluding hydrogens is 258 g/mol. The smallest absolute Gasteiger partial charge is 0.191 e. The van der Waals surface area contributed by atoms with Crippen LogP contribution in [-0.2, 0) is 5.60 Å². The Balaban J connectivity index is 1.91. The molecule has 0 aromatic carbocycles. The van der Waals surface area contributed by atoms with E-state index in [9.17, 15) is 5.11 Å². The van der Waals surface area contributed by atoms with Gasteiger partial charge < -0.3 is 15.7 Å². The molecule has 1 unspecified atom stereocenters. The van der Waals surface area contributed by atoms with Gasteiger partial charge >= 0.3 is 0 Å². The van der Waals surface area contributed by atoms with Gasteiger partial charge in [0.25, 0.3) is 0 Å². The molecule has 0 radical (unpaired) electrons. The Kier molecular flexibility index (Phi) is 4.82. The van der Waals surface area contributed by atoms with Gasteiger partial charge in [0.05, 0.1) is 6.54 Å². The molecule has 106 valence electrons. The second kappa shape index (κ2) is 6.39. The Morgan fingerprint density at radius 2 is 2.32 bits per heavy atom. The number of nitrogens with one attached hydrogen (secondary N) is 2. The first-order valence-electron chi connectivity index (χ1n) is 6.89. The highest BCUT2D eigenvalue weighted by Crippen LogP contribution is 2.27. The summed E-state index contributed by atoms with van der Waals surface area (Å²) in [6.45, 7) is 6.03. The summed E-state index contributed by atoms with van der Waals surface area (Å²) in [4.78, 5) is 4.49. The first kappa shape index (κ1) is 14.3. The van der Waals surface area contributed by atoms with Crippen LogP contribution in [0, 0.1) is 5.92 Å². The summed E-state index contributed by atoms with van der Waals surface area (Å²) >= 11 is 1.59. The standard InChI is InChI=1S/C14H23N3OS/c1-3-15-13(16-8-11-4-5-11)17-10-14(2,18)12-6-7-19-9-12/h6-7,9,11,18H,3-5,8,10H2,1-2H3,(H2,15,16,17). The van der Waals surface area contributed by atoms with Gasteiger partial charge in [0.1, 0.15) is 5.60 Å². The summed E-state index contributed by atoms with van der Waals surface area (Å²) < 4.78 is 0. The van der Waals surface area contributed by atoms with Crippen molar-refractivity contribution in [1.29, 1.82) is 0 Å². The van der Waals surface area contributed by atoms with Gasteiger partial charge in [0.2, 0.25) is 0 Å². The lowest BCUT2D eigenvalue weighted by Gasteiger charge is -2.21. The number of rotatable bonds is 6. The van der Waals surface area contributed by atoms with Gasteiger partial charge in [-0.1, -0.05) is 0 Å². The lowest BCUT2D eigenvalue weighted by molar-refractivity contribution is 0.0677. The third-order valence-electron chi connectivity index (χ3n) is 3.29. The fourth-order valence-corrected chi connectivity index (χ4v) is 2.58. The molecule has 1 fully saturated rings. The average molecular weight is 281 g/mol. The van der Waals surface area contributed by atoms with Crippen molar-refractivity contribution in [3.63, 3.8) is 0 Å². The summed E-state index contributed by atoms with van der Waals surface area (Å²) in [5.74, 6) is 1.60. The van der Waals surface area contributed by atoms with E-state index in [4.69, 9.17) is 0 Å². The number of guanidine groups is 1. The van der Waals surface area contributed by atoms with Crippen molar-refractivity contribution in [3.05, 3.63) is 22.4 Å². The van der Waals surface area contributed by atoms with Gasteiger partial charge in [0.15, 0.2) is 5.96 Å². The predicted octanol–water partition coefficient (Wildman–Crippen LogP) is 1.92. The molecule has 0 spiro atoms. The Bertz CT molecular complexity index is 410. The third kappa shape index (κ3) is 4.51. The van der Waals surface area contributed by atoms with Crippen molar-refractivity contribution in [3.8, 4) is 0 Å². The van der Waals surface area contributed by atoms with Crippen LogP contribution in [0.4, 0.5) is 0 Å². The van der Waals surface area contributed by atoms with E-state index < -0.39 is 5.60 Å². The highest BCUT2D eigenvalue weighted by Gasteiger charge is 2.24. The van der Waals surface area contributed by atoms with E-state index in [2.05, 4.69) is 15.6 Å². The van der Waals surface area contributed by atoms with Crippen molar-refractivity contribution in [2.24, 2.45) is 10.9 Å². The molecule has 3 N–H and O–H groups in total. The second-order valence-corrected chi connectivity index (χ2v) is 6.09. The lowest BCUT2D eigenvalue weighted by atomic mass is 10.00. The topological polar surface area (TPSA) is 56.7 Å². The van der Waals surface area contributed by atoms with Crippen molar-refractivity contribution < 1.29 is 5.11 Å². The highest BCUT2D eigenvalue weighted by molar-refractivity contribution is 7.08. The fraction of sp³-hybridized carbons (Fsp3) is 0.643. The summed E-state index contributed by atoms with van der Waals surface area (Å²) in [5, 5.41) is 20.9. The van der Waals surface area contributed by atoms with Gasteiger partial charge in [-0.25, -0.2) is 4.99 Å². The average Bonchev–Trinajstić information content (AvgIpc) is 3.03. The van der Waals surface area contributed by atoms with Crippen LogP contribution in [-0.4, -0.2) is 30.7 Å². The summed E-state index contributed by atoms with van der Waals surface area (Å²) in [7, 11) is 0. The molecule has 1 saturated carbocycles. The SMILES string of the molecule is CCNC(=NCC(C)(O)c1ccsc1)NCC1CC1. The minimum absolute atomic E-state index is 0.365. The number of aliphatic imine (C=N–C) groups is 1. The van der Waals surface area contributed by atoms with E-state index in [1.165, 1.54) is 12.8 Å². The Labute approximate surface area is 119 Å².